The highest BCUT2D eigenvalue weighted by Gasteiger charge is 2.01. The Bertz CT molecular complexity index is 707. The Labute approximate surface area is 201 Å². The van der Waals surface area contributed by atoms with Crippen LogP contribution in [0.3, 0.4) is 0 Å². The molecule has 6 nitrogen and oxygen atoms in total. The molecule has 0 bridgehead atoms. The van der Waals surface area contributed by atoms with E-state index in [1.165, 1.54) is 25.7 Å². The molecule has 0 fully saturated rings. The fourth-order valence-electron chi connectivity index (χ4n) is 3.09. The minimum atomic E-state index is 0.143. The van der Waals surface area contributed by atoms with Gasteiger partial charge in [0.25, 0.3) is 0 Å². The van der Waals surface area contributed by atoms with E-state index in [9.17, 15) is 4.79 Å². The highest BCUT2D eigenvalue weighted by atomic mass is 16.5. The second-order valence-corrected chi connectivity index (χ2v) is 8.45. The van der Waals surface area contributed by atoms with Crippen molar-refractivity contribution in [3.05, 3.63) is 29.8 Å². The molecule has 1 unspecified atom stereocenters. The number of amides is 1. The molecule has 0 aliphatic carbocycles. The third-order valence-corrected chi connectivity index (χ3v) is 5.47. The average Bonchev–Trinajstić information content (AvgIpc) is 2.83. The molecular formula is C27H44N4O2. The van der Waals surface area contributed by atoms with Gasteiger partial charge in [0.15, 0.2) is 0 Å². The molecule has 1 atom stereocenters. The maximum absolute atomic E-state index is 11.8. The Morgan fingerprint density at radius 2 is 1.76 bits per heavy atom. The summed E-state index contributed by atoms with van der Waals surface area (Å²) < 4.78 is 5.57. The van der Waals surface area contributed by atoms with Gasteiger partial charge in [-0.2, -0.15) is 0 Å². The third kappa shape index (κ3) is 16.8. The Hall–Kier alpha value is -2.39. The molecule has 1 amide bonds. The first-order chi connectivity index (χ1) is 16.2. The average molecular weight is 457 g/mol. The van der Waals surface area contributed by atoms with Crippen LogP contribution in [0.4, 0.5) is 5.69 Å². The van der Waals surface area contributed by atoms with Crippen molar-refractivity contribution in [3.8, 4) is 11.8 Å². The number of nitrogens with zero attached hydrogens (tertiary/aromatic N) is 2. The smallest absolute Gasteiger partial charge is 0.220 e. The molecule has 0 aliphatic heterocycles. The van der Waals surface area contributed by atoms with E-state index < -0.39 is 0 Å². The lowest BCUT2D eigenvalue weighted by Gasteiger charge is -2.09. The van der Waals surface area contributed by atoms with Gasteiger partial charge >= 0.3 is 0 Å². The Kier molecular flexibility index (Phi) is 17.6. The predicted octanol–water partition coefficient (Wildman–Crippen LogP) is 6.34. The van der Waals surface area contributed by atoms with E-state index in [2.05, 4.69) is 46.8 Å². The lowest BCUT2D eigenvalue weighted by molar-refractivity contribution is -0.121. The molecule has 184 valence electrons. The molecule has 0 saturated carbocycles. The Balaban J connectivity index is 1.94. The van der Waals surface area contributed by atoms with Crippen LogP contribution in [-0.4, -0.2) is 32.2 Å². The normalized spacial score (nSPS) is 11.7. The number of carbonyl (C=O) groups excluding carboxylic acids is 1. The number of nitrogens with one attached hydrogen (secondary N) is 2. The first kappa shape index (κ1) is 28.6. The van der Waals surface area contributed by atoms with Crippen molar-refractivity contribution in [1.82, 2.24) is 10.7 Å². The summed E-state index contributed by atoms with van der Waals surface area (Å²) in [6, 6.07) is 7.80. The van der Waals surface area contributed by atoms with E-state index in [0.29, 0.717) is 25.5 Å². The molecule has 0 heterocycles. The van der Waals surface area contributed by atoms with Crippen molar-refractivity contribution in [1.29, 1.82) is 0 Å². The van der Waals surface area contributed by atoms with Crippen LogP contribution in [0, 0.1) is 17.8 Å². The van der Waals surface area contributed by atoms with E-state index in [0.717, 1.165) is 56.5 Å². The quantitative estimate of drug-likeness (QED) is 0.117. The van der Waals surface area contributed by atoms with Gasteiger partial charge in [-0.15, -0.1) is 5.11 Å². The molecule has 0 aliphatic rings. The largest absolute Gasteiger partial charge is 0.380 e. The van der Waals surface area contributed by atoms with Crippen LogP contribution in [0.2, 0.25) is 0 Å². The third-order valence-electron chi connectivity index (χ3n) is 5.47. The van der Waals surface area contributed by atoms with Crippen LogP contribution in [0.5, 0.6) is 0 Å². The molecule has 6 heteroatoms. The molecule has 0 aromatic heterocycles. The number of ether oxygens (including phenoxy) is 1. The predicted molar refractivity (Wildman–Crippen MR) is 136 cm³/mol. The number of hydrogen-bond acceptors (Lipinski definition) is 4. The number of hydrogen-bond donors (Lipinski definition) is 2. The molecule has 1 rings (SSSR count). The summed E-state index contributed by atoms with van der Waals surface area (Å²) in [6.07, 6.45) is 10.6. The van der Waals surface area contributed by atoms with Gasteiger partial charge in [0.1, 0.15) is 0 Å². The number of unbranched alkanes of at least 4 members (excludes halogenated alkanes) is 6. The van der Waals surface area contributed by atoms with E-state index >= 15 is 0 Å². The van der Waals surface area contributed by atoms with E-state index in [-0.39, 0.29) is 5.91 Å². The van der Waals surface area contributed by atoms with Crippen molar-refractivity contribution in [3.63, 3.8) is 0 Å². The second-order valence-electron chi connectivity index (χ2n) is 8.45. The Morgan fingerprint density at radius 3 is 2.48 bits per heavy atom. The number of carbonyl (C=O) groups is 1. The van der Waals surface area contributed by atoms with Crippen molar-refractivity contribution in [2.45, 2.75) is 85.0 Å². The summed E-state index contributed by atoms with van der Waals surface area (Å²) in [5.41, 5.74) is 4.64. The second kappa shape index (κ2) is 20.2. The van der Waals surface area contributed by atoms with Gasteiger partial charge in [-0.05, 0) is 56.4 Å². The summed E-state index contributed by atoms with van der Waals surface area (Å²) >= 11 is 0. The topological polar surface area (TPSA) is 75.1 Å². The molecule has 0 spiro atoms. The van der Waals surface area contributed by atoms with Crippen molar-refractivity contribution in [2.75, 3.05) is 26.3 Å². The van der Waals surface area contributed by atoms with Crippen molar-refractivity contribution >= 4 is 11.6 Å². The van der Waals surface area contributed by atoms with Crippen LogP contribution in [0.1, 0.15) is 90.5 Å². The van der Waals surface area contributed by atoms with Gasteiger partial charge in [-0.25, -0.2) is 0 Å². The molecule has 1 aromatic rings. The maximum atomic E-state index is 11.8. The number of benzene rings is 1. The Morgan fingerprint density at radius 1 is 1.03 bits per heavy atom. The lowest BCUT2D eigenvalue weighted by Crippen LogP contribution is -2.27. The van der Waals surface area contributed by atoms with Crippen molar-refractivity contribution in [2.24, 2.45) is 16.3 Å². The summed E-state index contributed by atoms with van der Waals surface area (Å²) in [6.45, 7) is 9.19. The monoisotopic (exact) mass is 456 g/mol. The van der Waals surface area contributed by atoms with Crippen LogP contribution in [-0.2, 0) is 9.53 Å². The first-order valence-electron chi connectivity index (χ1n) is 12.7. The molecular weight excluding hydrogens is 412 g/mol. The van der Waals surface area contributed by atoms with Crippen LogP contribution in [0.25, 0.3) is 0 Å². The zero-order chi connectivity index (χ0) is 24.0. The van der Waals surface area contributed by atoms with E-state index in [1.807, 2.05) is 31.2 Å². The van der Waals surface area contributed by atoms with Crippen LogP contribution in [0.15, 0.2) is 34.6 Å². The summed E-state index contributed by atoms with van der Waals surface area (Å²) in [5.74, 6) is 7.31. The highest BCUT2D eigenvalue weighted by molar-refractivity contribution is 5.75. The molecule has 1 aromatic carbocycles. The van der Waals surface area contributed by atoms with Crippen LogP contribution >= 0.6 is 0 Å². The van der Waals surface area contributed by atoms with Gasteiger partial charge in [0.2, 0.25) is 5.91 Å². The molecule has 0 saturated heterocycles. The fraction of sp³-hybridized carbons (Fsp3) is 0.667. The zero-order valence-corrected chi connectivity index (χ0v) is 21.0. The summed E-state index contributed by atoms with van der Waals surface area (Å²) in [7, 11) is 0. The number of rotatable bonds is 18. The standard InChI is InChI=1S/C27H44N4O2/c1-4-24(3)20-22-33-23-21-28-27(32)15-13-11-9-7-6-8-10-12-14-25-16-18-26(19-17-25)30-31-29-5-2/h16-19,24H,4-11,13,15,20-23H2,1-3H3,(H,28,32)(H,29,30). The van der Waals surface area contributed by atoms with E-state index in [1.54, 1.807) is 0 Å². The lowest BCUT2D eigenvalue weighted by atomic mass is 10.1. The zero-order valence-electron chi connectivity index (χ0n) is 21.0. The van der Waals surface area contributed by atoms with Crippen molar-refractivity contribution < 1.29 is 9.53 Å². The van der Waals surface area contributed by atoms with Gasteiger partial charge in [-0.3, -0.25) is 10.2 Å². The van der Waals surface area contributed by atoms with Crippen LogP contribution < -0.4 is 10.7 Å². The maximum Gasteiger partial charge on any atom is 0.220 e. The molecule has 2 N–H and O–H groups in total. The van der Waals surface area contributed by atoms with Gasteiger partial charge in [0.05, 0.1) is 12.3 Å². The first-order valence-corrected chi connectivity index (χ1v) is 12.7. The molecule has 0 radical (unpaired) electrons. The fourth-order valence-corrected chi connectivity index (χ4v) is 3.09. The van der Waals surface area contributed by atoms with Gasteiger partial charge in [0, 0.05) is 38.1 Å². The van der Waals surface area contributed by atoms with E-state index in [4.69, 9.17) is 4.74 Å². The van der Waals surface area contributed by atoms with Gasteiger partial charge in [-0.1, -0.05) is 63.0 Å². The minimum Gasteiger partial charge on any atom is -0.380 e. The highest BCUT2D eigenvalue weighted by Crippen LogP contribution is 2.13. The summed E-state index contributed by atoms with van der Waals surface area (Å²) in [4.78, 5) is 11.8. The minimum absolute atomic E-state index is 0.143. The molecule has 33 heavy (non-hydrogen) atoms. The SMILES string of the molecule is CCN/N=N/c1ccc(C#CCCCCCCCCC(=O)NCCOCCC(C)CC)cc1. The summed E-state index contributed by atoms with van der Waals surface area (Å²) in [5, 5.41) is 10.9. The van der Waals surface area contributed by atoms with Gasteiger partial charge < -0.3 is 10.1 Å².